The largest absolute Gasteiger partial charge is 0.135 e. The molecule has 1 radical (unpaired) electrons. The van der Waals surface area contributed by atoms with Gasteiger partial charge in [-0.3, -0.25) is 0 Å². The lowest BCUT2D eigenvalue weighted by Gasteiger charge is -2.37. The molecule has 0 amide bonds. The van der Waals surface area contributed by atoms with E-state index in [2.05, 4.69) is 57.2 Å². The van der Waals surface area contributed by atoms with E-state index in [1.54, 1.807) is 0 Å². The van der Waals surface area contributed by atoms with Gasteiger partial charge in [-0.1, -0.05) is 60.2 Å². The maximum Gasteiger partial charge on any atom is 0.0724 e. The van der Waals surface area contributed by atoms with Gasteiger partial charge in [0, 0.05) is 0 Å². The van der Waals surface area contributed by atoms with Gasteiger partial charge in [-0.25, -0.2) is 0 Å². The van der Waals surface area contributed by atoms with Crippen LogP contribution in [0.15, 0.2) is 54.6 Å². The molecule has 1 heterocycles. The predicted molar refractivity (Wildman–Crippen MR) is 84.1 cm³/mol. The third kappa shape index (κ3) is 2.19. The summed E-state index contributed by atoms with van der Waals surface area (Å²) in [5.74, 6) is 0. The molecule has 0 N–H and O–H groups in total. The Morgan fingerprint density at radius 2 is 1.29 bits per heavy atom. The zero-order chi connectivity index (χ0) is 15.1. The monoisotopic (exact) mass is 280 g/mol. The standard InChI is InChI=1S/C19H22NO/c1-15-9-11-17(12-10-15)19(3)14-13-18(2,20(19)21)16-7-5-4-6-8-16/h4-12H,13-14H2,1-3H3/t18-,19-/m0/s1. The summed E-state index contributed by atoms with van der Waals surface area (Å²) in [6.45, 7) is 6.21. The molecule has 2 aromatic rings. The van der Waals surface area contributed by atoms with Gasteiger partial charge in [0.05, 0.1) is 11.1 Å². The lowest BCUT2D eigenvalue weighted by molar-refractivity contribution is -0.260. The Balaban J connectivity index is 1.99. The Labute approximate surface area is 127 Å². The van der Waals surface area contributed by atoms with E-state index in [1.807, 2.05) is 18.2 Å². The van der Waals surface area contributed by atoms with E-state index >= 15 is 0 Å². The van der Waals surface area contributed by atoms with E-state index in [0.29, 0.717) is 0 Å². The number of nitrogens with zero attached hydrogens (tertiary/aromatic N) is 1. The van der Waals surface area contributed by atoms with E-state index in [0.717, 1.165) is 24.0 Å². The fourth-order valence-corrected chi connectivity index (χ4v) is 3.47. The molecule has 0 spiro atoms. The van der Waals surface area contributed by atoms with Crippen LogP contribution in [-0.2, 0) is 16.3 Å². The van der Waals surface area contributed by atoms with Crippen molar-refractivity contribution < 1.29 is 5.21 Å². The highest BCUT2D eigenvalue weighted by atomic mass is 16.5. The molecule has 0 unspecified atom stereocenters. The quantitative estimate of drug-likeness (QED) is 0.790. The zero-order valence-electron chi connectivity index (χ0n) is 13.0. The van der Waals surface area contributed by atoms with Crippen molar-refractivity contribution in [3.8, 4) is 0 Å². The minimum absolute atomic E-state index is 0.444. The van der Waals surface area contributed by atoms with Crippen LogP contribution >= 0.6 is 0 Å². The van der Waals surface area contributed by atoms with Gasteiger partial charge in [0.2, 0.25) is 0 Å². The fraction of sp³-hybridized carbons (Fsp3) is 0.368. The molecule has 1 aliphatic heterocycles. The van der Waals surface area contributed by atoms with Crippen LogP contribution in [0.3, 0.4) is 0 Å². The molecule has 3 rings (SSSR count). The highest BCUT2D eigenvalue weighted by Gasteiger charge is 2.52. The summed E-state index contributed by atoms with van der Waals surface area (Å²) >= 11 is 0. The van der Waals surface area contributed by atoms with Crippen LogP contribution in [-0.4, -0.2) is 5.06 Å². The van der Waals surface area contributed by atoms with Crippen molar-refractivity contribution in [1.82, 2.24) is 5.06 Å². The molecular formula is C19H22NO. The molecule has 109 valence electrons. The van der Waals surface area contributed by atoms with E-state index in [-0.39, 0.29) is 0 Å². The van der Waals surface area contributed by atoms with Crippen LogP contribution in [0.2, 0.25) is 0 Å². The first-order valence-corrected chi connectivity index (χ1v) is 7.57. The van der Waals surface area contributed by atoms with Gasteiger partial charge in [-0.05, 0) is 44.7 Å². The second kappa shape index (κ2) is 4.97. The van der Waals surface area contributed by atoms with E-state index in [9.17, 15) is 5.21 Å². The van der Waals surface area contributed by atoms with Gasteiger partial charge in [-0.15, -0.1) is 10.3 Å². The van der Waals surface area contributed by atoms with Gasteiger partial charge < -0.3 is 0 Å². The summed E-state index contributed by atoms with van der Waals surface area (Å²) in [5.41, 5.74) is 2.56. The number of rotatable bonds is 2. The summed E-state index contributed by atoms with van der Waals surface area (Å²) in [4.78, 5) is 0. The SMILES string of the molecule is Cc1ccc([C@]2(C)CC[C@@](C)(c3ccccc3)N2[O])cc1. The number of hydrogen-bond donors (Lipinski definition) is 0. The fourth-order valence-electron chi connectivity index (χ4n) is 3.47. The number of benzene rings is 2. The smallest absolute Gasteiger partial charge is 0.0724 e. The second-order valence-corrected chi connectivity index (χ2v) is 6.57. The first kappa shape index (κ1) is 14.3. The van der Waals surface area contributed by atoms with E-state index in [4.69, 9.17) is 0 Å². The molecule has 0 aliphatic carbocycles. The van der Waals surface area contributed by atoms with Crippen LogP contribution in [0.1, 0.15) is 43.4 Å². The highest BCUT2D eigenvalue weighted by molar-refractivity contribution is 5.32. The summed E-state index contributed by atoms with van der Waals surface area (Å²) in [5, 5.41) is 14.5. The maximum atomic E-state index is 13.2. The Morgan fingerprint density at radius 1 is 0.810 bits per heavy atom. The number of hydroxylamine groups is 2. The topological polar surface area (TPSA) is 23.1 Å². The molecule has 2 nitrogen and oxygen atoms in total. The third-order valence-corrected chi connectivity index (χ3v) is 5.06. The molecule has 0 saturated carbocycles. The zero-order valence-corrected chi connectivity index (χ0v) is 13.0. The molecule has 1 fully saturated rings. The van der Waals surface area contributed by atoms with Crippen molar-refractivity contribution in [3.63, 3.8) is 0 Å². The van der Waals surface area contributed by atoms with Gasteiger partial charge in [0.1, 0.15) is 0 Å². The van der Waals surface area contributed by atoms with E-state index in [1.165, 1.54) is 10.6 Å². The van der Waals surface area contributed by atoms with Crippen molar-refractivity contribution in [2.24, 2.45) is 0 Å². The molecule has 1 saturated heterocycles. The lowest BCUT2D eigenvalue weighted by Crippen LogP contribution is -2.44. The first-order valence-electron chi connectivity index (χ1n) is 7.57. The summed E-state index contributed by atoms with van der Waals surface area (Å²) in [7, 11) is 0. The molecule has 2 aromatic carbocycles. The second-order valence-electron chi connectivity index (χ2n) is 6.57. The molecule has 2 atom stereocenters. The Kier molecular flexibility index (Phi) is 3.39. The predicted octanol–water partition coefficient (Wildman–Crippen LogP) is 4.57. The molecular weight excluding hydrogens is 258 g/mol. The Morgan fingerprint density at radius 3 is 1.81 bits per heavy atom. The Bertz CT molecular complexity index is 622. The lowest BCUT2D eigenvalue weighted by atomic mass is 9.89. The minimum Gasteiger partial charge on any atom is -0.135 e. The van der Waals surface area contributed by atoms with Crippen molar-refractivity contribution in [2.75, 3.05) is 0 Å². The van der Waals surface area contributed by atoms with Crippen LogP contribution in [0.5, 0.6) is 0 Å². The Hall–Kier alpha value is -1.64. The van der Waals surface area contributed by atoms with Gasteiger partial charge in [0.15, 0.2) is 0 Å². The molecule has 1 aliphatic rings. The van der Waals surface area contributed by atoms with Crippen LogP contribution in [0.25, 0.3) is 0 Å². The average Bonchev–Trinajstić information content (AvgIpc) is 2.76. The number of hydrogen-bond acceptors (Lipinski definition) is 1. The minimum atomic E-state index is -0.446. The molecule has 0 bridgehead atoms. The van der Waals surface area contributed by atoms with Crippen molar-refractivity contribution >= 4 is 0 Å². The molecule has 0 aromatic heterocycles. The average molecular weight is 280 g/mol. The normalized spacial score (nSPS) is 29.7. The molecule has 21 heavy (non-hydrogen) atoms. The third-order valence-electron chi connectivity index (χ3n) is 5.06. The van der Waals surface area contributed by atoms with Crippen LogP contribution < -0.4 is 0 Å². The highest BCUT2D eigenvalue weighted by Crippen LogP contribution is 2.50. The van der Waals surface area contributed by atoms with Crippen molar-refractivity contribution in [1.29, 1.82) is 0 Å². The summed E-state index contributed by atoms with van der Waals surface area (Å²) < 4.78 is 0. The van der Waals surface area contributed by atoms with Gasteiger partial charge in [-0.2, -0.15) is 0 Å². The van der Waals surface area contributed by atoms with Gasteiger partial charge in [0.25, 0.3) is 0 Å². The van der Waals surface area contributed by atoms with Crippen LogP contribution in [0, 0.1) is 6.92 Å². The number of aryl methyl sites for hydroxylation is 1. The van der Waals surface area contributed by atoms with Crippen molar-refractivity contribution in [3.05, 3.63) is 71.3 Å². The first-order chi connectivity index (χ1) is 9.97. The summed E-state index contributed by atoms with van der Waals surface area (Å²) in [6, 6.07) is 18.5. The summed E-state index contributed by atoms with van der Waals surface area (Å²) in [6.07, 6.45) is 1.76. The molecule has 2 heteroatoms. The van der Waals surface area contributed by atoms with Gasteiger partial charge >= 0.3 is 0 Å². The van der Waals surface area contributed by atoms with E-state index < -0.39 is 11.1 Å². The van der Waals surface area contributed by atoms with Crippen LogP contribution in [0.4, 0.5) is 0 Å². The van der Waals surface area contributed by atoms with Crippen molar-refractivity contribution in [2.45, 2.75) is 44.7 Å². The maximum absolute atomic E-state index is 13.2.